The summed E-state index contributed by atoms with van der Waals surface area (Å²) in [6.07, 6.45) is -0.362. The number of amides is 1. The minimum atomic E-state index is -0.656. The molecule has 1 aliphatic heterocycles. The highest BCUT2D eigenvalue weighted by atomic mass is 35.5. The van der Waals surface area contributed by atoms with Gasteiger partial charge in [0.2, 0.25) is 5.28 Å². The van der Waals surface area contributed by atoms with Gasteiger partial charge in [-0.15, -0.1) is 0 Å². The summed E-state index contributed by atoms with van der Waals surface area (Å²) in [4.78, 5) is 28.1. The highest BCUT2D eigenvalue weighted by molar-refractivity contribution is 6.30. The molecule has 1 aliphatic rings. The van der Waals surface area contributed by atoms with Crippen molar-refractivity contribution in [3.63, 3.8) is 0 Å². The van der Waals surface area contributed by atoms with Crippen LogP contribution in [-0.4, -0.2) is 57.2 Å². The number of fused-ring (bicyclic) bond motifs is 1. The quantitative estimate of drug-likeness (QED) is 0.519. The molecule has 1 saturated heterocycles. The van der Waals surface area contributed by atoms with Crippen LogP contribution in [0.25, 0.3) is 11.0 Å². The van der Waals surface area contributed by atoms with Crippen molar-refractivity contribution in [2.75, 3.05) is 24.5 Å². The molecule has 1 atom stereocenters. The van der Waals surface area contributed by atoms with Gasteiger partial charge in [0.1, 0.15) is 11.4 Å². The first kappa shape index (κ1) is 19.8. The highest BCUT2D eigenvalue weighted by Crippen LogP contribution is 2.30. The normalized spacial score (nSPS) is 18.1. The lowest BCUT2D eigenvalue weighted by Crippen LogP contribution is -2.54. The van der Waals surface area contributed by atoms with Gasteiger partial charge in [0.05, 0.1) is 5.39 Å². The molecule has 0 unspecified atom stereocenters. The molecule has 0 N–H and O–H groups in total. The van der Waals surface area contributed by atoms with Crippen LogP contribution in [0, 0.1) is 5.82 Å². The smallest absolute Gasteiger partial charge is 0.410 e. The Morgan fingerprint density at radius 1 is 1.26 bits per heavy atom. The summed E-state index contributed by atoms with van der Waals surface area (Å²) >= 11 is 11.8. The van der Waals surface area contributed by atoms with E-state index < -0.39 is 11.4 Å². The van der Waals surface area contributed by atoms with Gasteiger partial charge in [-0.3, -0.25) is 0 Å². The fourth-order valence-electron chi connectivity index (χ4n) is 2.95. The van der Waals surface area contributed by atoms with Gasteiger partial charge in [0, 0.05) is 25.7 Å². The van der Waals surface area contributed by atoms with Crippen molar-refractivity contribution < 1.29 is 13.9 Å². The lowest BCUT2D eigenvalue weighted by atomic mass is 10.1. The molecule has 146 valence electrons. The van der Waals surface area contributed by atoms with Crippen molar-refractivity contribution in [3.05, 3.63) is 22.3 Å². The van der Waals surface area contributed by atoms with Gasteiger partial charge < -0.3 is 14.5 Å². The Bertz CT molecular complexity index is 890. The first-order valence-electron chi connectivity index (χ1n) is 8.49. The zero-order valence-corrected chi connectivity index (χ0v) is 17.0. The second-order valence-electron chi connectivity index (χ2n) is 7.42. The number of piperazine rings is 1. The third-order valence-corrected chi connectivity index (χ3v) is 4.54. The van der Waals surface area contributed by atoms with Crippen LogP contribution in [0.5, 0.6) is 0 Å². The van der Waals surface area contributed by atoms with Crippen LogP contribution in [0.1, 0.15) is 27.7 Å². The second kappa shape index (κ2) is 7.24. The number of pyridine rings is 1. The molecule has 0 saturated carbocycles. The number of hydrogen-bond acceptors (Lipinski definition) is 6. The molecular formula is C17H20Cl2FN5O2. The number of ether oxygens (including phenoxy) is 1. The maximum Gasteiger partial charge on any atom is 0.410 e. The van der Waals surface area contributed by atoms with Crippen molar-refractivity contribution in [3.8, 4) is 0 Å². The van der Waals surface area contributed by atoms with E-state index >= 15 is 0 Å². The summed E-state index contributed by atoms with van der Waals surface area (Å²) < 4.78 is 19.4. The van der Waals surface area contributed by atoms with Gasteiger partial charge in [0.25, 0.3) is 0 Å². The first-order chi connectivity index (χ1) is 12.5. The Morgan fingerprint density at radius 2 is 1.96 bits per heavy atom. The molecule has 7 nitrogen and oxygen atoms in total. The lowest BCUT2D eigenvalue weighted by molar-refractivity contribution is 0.0218. The van der Waals surface area contributed by atoms with Crippen LogP contribution in [0.15, 0.2) is 6.07 Å². The summed E-state index contributed by atoms with van der Waals surface area (Å²) in [7, 11) is 0. The van der Waals surface area contributed by atoms with Crippen LogP contribution >= 0.6 is 23.2 Å². The molecule has 10 heteroatoms. The maximum atomic E-state index is 13.9. The molecule has 1 fully saturated rings. The van der Waals surface area contributed by atoms with E-state index in [4.69, 9.17) is 27.9 Å². The number of carbonyl (C=O) groups excluding carboxylic acids is 1. The third-order valence-electron chi connectivity index (χ3n) is 4.10. The van der Waals surface area contributed by atoms with Crippen molar-refractivity contribution in [1.29, 1.82) is 0 Å². The fraction of sp³-hybridized carbons (Fsp3) is 0.529. The van der Waals surface area contributed by atoms with E-state index in [0.29, 0.717) is 30.8 Å². The standard InChI is InChI=1S/C17H20Cl2FN5O2/c1-9-8-24(16(26)27-17(2,3)4)5-6-25(9)14-10-7-11(20)12(18)21-13(10)22-15(19)23-14/h7,9H,5-6,8H2,1-4H3/t9-/m1/s1. The van der Waals surface area contributed by atoms with E-state index in [9.17, 15) is 9.18 Å². The summed E-state index contributed by atoms with van der Waals surface area (Å²) in [6, 6.07) is 1.16. The molecule has 3 heterocycles. The number of nitrogens with zero attached hydrogens (tertiary/aromatic N) is 5. The van der Waals surface area contributed by atoms with Crippen molar-refractivity contribution in [2.45, 2.75) is 39.3 Å². The molecule has 2 aromatic heterocycles. The highest BCUT2D eigenvalue weighted by Gasteiger charge is 2.31. The van der Waals surface area contributed by atoms with E-state index in [2.05, 4.69) is 15.0 Å². The number of halogens is 3. The number of carbonyl (C=O) groups is 1. The number of aromatic nitrogens is 3. The Hall–Kier alpha value is -1.93. The van der Waals surface area contributed by atoms with E-state index in [0.717, 1.165) is 0 Å². The minimum Gasteiger partial charge on any atom is -0.444 e. The largest absolute Gasteiger partial charge is 0.444 e. The molecule has 0 spiro atoms. The van der Waals surface area contributed by atoms with Crippen LogP contribution < -0.4 is 4.90 Å². The summed E-state index contributed by atoms with van der Waals surface area (Å²) in [5.41, 5.74) is -0.339. The Balaban J connectivity index is 1.88. The van der Waals surface area contributed by atoms with Gasteiger partial charge in [-0.1, -0.05) is 11.6 Å². The van der Waals surface area contributed by atoms with Gasteiger partial charge in [-0.2, -0.15) is 9.97 Å². The third kappa shape index (κ3) is 4.32. The Labute approximate surface area is 166 Å². The topological polar surface area (TPSA) is 71.5 Å². The first-order valence-corrected chi connectivity index (χ1v) is 9.24. The van der Waals surface area contributed by atoms with Crippen LogP contribution in [0.2, 0.25) is 10.4 Å². The van der Waals surface area contributed by atoms with Crippen LogP contribution in [0.3, 0.4) is 0 Å². The fourth-order valence-corrected chi connectivity index (χ4v) is 3.25. The number of anilines is 1. The monoisotopic (exact) mass is 415 g/mol. The van der Waals surface area contributed by atoms with Gasteiger partial charge >= 0.3 is 6.09 Å². The predicted octanol–water partition coefficient (Wildman–Crippen LogP) is 3.92. The van der Waals surface area contributed by atoms with Crippen molar-refractivity contribution >= 4 is 46.1 Å². The number of hydrogen-bond donors (Lipinski definition) is 0. The van der Waals surface area contributed by atoms with Crippen molar-refractivity contribution in [2.24, 2.45) is 0 Å². The van der Waals surface area contributed by atoms with E-state index in [1.807, 2.05) is 32.6 Å². The summed E-state index contributed by atoms with van der Waals surface area (Å²) in [5.74, 6) is -0.194. The average molecular weight is 416 g/mol. The summed E-state index contributed by atoms with van der Waals surface area (Å²) in [5, 5.41) is 0.138. The predicted molar refractivity (Wildman–Crippen MR) is 102 cm³/mol. The van der Waals surface area contributed by atoms with Gasteiger partial charge in [-0.05, 0) is 45.4 Å². The molecule has 2 aromatic rings. The number of rotatable bonds is 1. The van der Waals surface area contributed by atoms with E-state index in [-0.39, 0.29) is 28.2 Å². The minimum absolute atomic E-state index is 0.00514. The molecule has 0 aliphatic carbocycles. The summed E-state index contributed by atoms with van der Waals surface area (Å²) in [6.45, 7) is 8.77. The van der Waals surface area contributed by atoms with Gasteiger partial charge in [-0.25, -0.2) is 14.2 Å². The second-order valence-corrected chi connectivity index (χ2v) is 8.11. The molecule has 0 radical (unpaired) electrons. The molecule has 3 rings (SSSR count). The molecule has 27 heavy (non-hydrogen) atoms. The lowest BCUT2D eigenvalue weighted by Gasteiger charge is -2.41. The maximum absolute atomic E-state index is 13.9. The Kier molecular flexibility index (Phi) is 5.31. The average Bonchev–Trinajstić information content (AvgIpc) is 2.54. The SMILES string of the molecule is C[C@@H]1CN(C(=O)OC(C)(C)C)CCN1c1nc(Cl)nc2nc(Cl)c(F)cc12. The van der Waals surface area contributed by atoms with Crippen molar-refractivity contribution in [1.82, 2.24) is 19.9 Å². The van der Waals surface area contributed by atoms with E-state index in [1.54, 1.807) is 4.90 Å². The molecule has 0 bridgehead atoms. The van der Waals surface area contributed by atoms with Crippen LogP contribution in [0.4, 0.5) is 15.0 Å². The molecular weight excluding hydrogens is 396 g/mol. The van der Waals surface area contributed by atoms with Gasteiger partial charge in [0.15, 0.2) is 16.6 Å². The van der Waals surface area contributed by atoms with Crippen LogP contribution in [-0.2, 0) is 4.74 Å². The molecule has 1 amide bonds. The van der Waals surface area contributed by atoms with E-state index in [1.165, 1.54) is 6.07 Å². The zero-order chi connectivity index (χ0) is 19.9. The Morgan fingerprint density at radius 3 is 2.59 bits per heavy atom. The molecule has 0 aromatic carbocycles. The zero-order valence-electron chi connectivity index (χ0n) is 15.5.